The molecule has 1 saturated heterocycles. The predicted octanol–water partition coefficient (Wildman–Crippen LogP) is 0.772. The summed E-state index contributed by atoms with van der Waals surface area (Å²) < 4.78 is 0. The van der Waals surface area contributed by atoms with Crippen LogP contribution in [0.15, 0.2) is 4.99 Å². The largest absolute Gasteiger partial charge is 0.370 e. The van der Waals surface area contributed by atoms with Gasteiger partial charge in [0.15, 0.2) is 5.96 Å². The molecule has 0 spiro atoms. The van der Waals surface area contributed by atoms with Crippen LogP contribution in [-0.4, -0.2) is 37.0 Å². The minimum Gasteiger partial charge on any atom is -0.370 e. The summed E-state index contributed by atoms with van der Waals surface area (Å²) in [4.78, 5) is 6.54. The fourth-order valence-electron chi connectivity index (χ4n) is 2.15. The molecule has 1 aliphatic rings. The molecule has 1 fully saturated rings. The fraction of sp³-hybridized carbons (Fsp3) is 0.909. The number of guanidine groups is 1. The van der Waals surface area contributed by atoms with Gasteiger partial charge in [0, 0.05) is 13.1 Å². The van der Waals surface area contributed by atoms with Crippen molar-refractivity contribution in [1.82, 2.24) is 4.90 Å². The number of unbranched alkanes of at least 4 members (excludes halogenated alkanes) is 1. The summed E-state index contributed by atoms with van der Waals surface area (Å²) >= 11 is 0. The highest BCUT2D eigenvalue weighted by Crippen LogP contribution is 2.15. The van der Waals surface area contributed by atoms with Crippen LogP contribution in [0, 0.1) is 5.92 Å². The highest BCUT2D eigenvalue weighted by molar-refractivity contribution is 5.75. The standard InChI is InChI=1S/C11H24N4/c1-10-5-4-8-15(9-10)7-3-2-6-14-11(12)13/h10H,2-9H2,1H3,(H4,12,13,14). The lowest BCUT2D eigenvalue weighted by Gasteiger charge is -2.30. The Labute approximate surface area is 92.7 Å². The third kappa shape index (κ3) is 5.62. The number of hydrogen-bond acceptors (Lipinski definition) is 2. The van der Waals surface area contributed by atoms with Gasteiger partial charge in [-0.1, -0.05) is 6.92 Å². The van der Waals surface area contributed by atoms with Gasteiger partial charge in [-0.15, -0.1) is 0 Å². The molecule has 0 bridgehead atoms. The summed E-state index contributed by atoms with van der Waals surface area (Å²) in [7, 11) is 0. The molecule has 88 valence electrons. The minimum atomic E-state index is 0.210. The molecule has 0 amide bonds. The molecule has 15 heavy (non-hydrogen) atoms. The fourth-order valence-corrected chi connectivity index (χ4v) is 2.15. The Morgan fingerprint density at radius 3 is 2.87 bits per heavy atom. The minimum absolute atomic E-state index is 0.210. The molecule has 1 unspecified atom stereocenters. The van der Waals surface area contributed by atoms with Crippen molar-refractivity contribution in [3.05, 3.63) is 0 Å². The van der Waals surface area contributed by atoms with Crippen molar-refractivity contribution in [2.75, 3.05) is 26.2 Å². The van der Waals surface area contributed by atoms with E-state index in [-0.39, 0.29) is 5.96 Å². The molecule has 1 aliphatic heterocycles. The van der Waals surface area contributed by atoms with Crippen molar-refractivity contribution in [3.8, 4) is 0 Å². The number of aliphatic imine (C=N–C) groups is 1. The normalized spacial score (nSPS) is 22.6. The SMILES string of the molecule is CC1CCCN(CCCCN=C(N)N)C1. The third-order valence-corrected chi connectivity index (χ3v) is 2.92. The van der Waals surface area contributed by atoms with E-state index in [0.717, 1.165) is 18.9 Å². The number of nitrogens with zero attached hydrogens (tertiary/aromatic N) is 2. The predicted molar refractivity (Wildman–Crippen MR) is 64.7 cm³/mol. The van der Waals surface area contributed by atoms with Crippen LogP contribution in [0.4, 0.5) is 0 Å². The van der Waals surface area contributed by atoms with Gasteiger partial charge >= 0.3 is 0 Å². The van der Waals surface area contributed by atoms with Crippen molar-refractivity contribution < 1.29 is 0 Å². The van der Waals surface area contributed by atoms with Crippen LogP contribution >= 0.6 is 0 Å². The van der Waals surface area contributed by atoms with E-state index in [2.05, 4.69) is 16.8 Å². The first-order chi connectivity index (χ1) is 7.18. The van der Waals surface area contributed by atoms with Crippen LogP contribution in [0.5, 0.6) is 0 Å². The van der Waals surface area contributed by atoms with Crippen molar-refractivity contribution in [3.63, 3.8) is 0 Å². The highest BCUT2D eigenvalue weighted by atomic mass is 15.1. The van der Waals surface area contributed by atoms with Gasteiger partial charge in [0.1, 0.15) is 0 Å². The van der Waals surface area contributed by atoms with Crippen LogP contribution in [0.2, 0.25) is 0 Å². The monoisotopic (exact) mass is 212 g/mol. The van der Waals surface area contributed by atoms with E-state index in [9.17, 15) is 0 Å². The van der Waals surface area contributed by atoms with Gasteiger partial charge in [0.25, 0.3) is 0 Å². The zero-order valence-corrected chi connectivity index (χ0v) is 9.78. The maximum atomic E-state index is 5.25. The van der Waals surface area contributed by atoms with Gasteiger partial charge in [0.2, 0.25) is 0 Å². The van der Waals surface area contributed by atoms with Crippen molar-refractivity contribution in [2.24, 2.45) is 22.4 Å². The summed E-state index contributed by atoms with van der Waals surface area (Å²) in [5.41, 5.74) is 10.5. The molecule has 0 aromatic carbocycles. The highest BCUT2D eigenvalue weighted by Gasteiger charge is 2.14. The Hall–Kier alpha value is -0.770. The molecular weight excluding hydrogens is 188 g/mol. The zero-order valence-electron chi connectivity index (χ0n) is 9.78. The second-order valence-electron chi connectivity index (χ2n) is 4.56. The van der Waals surface area contributed by atoms with Gasteiger partial charge in [-0.3, -0.25) is 4.99 Å². The Bertz CT molecular complexity index is 199. The van der Waals surface area contributed by atoms with Crippen molar-refractivity contribution >= 4 is 5.96 Å². The van der Waals surface area contributed by atoms with Gasteiger partial charge in [-0.25, -0.2) is 0 Å². The summed E-state index contributed by atoms with van der Waals surface area (Å²) in [6.07, 6.45) is 5.03. The van der Waals surface area contributed by atoms with E-state index < -0.39 is 0 Å². The van der Waals surface area contributed by atoms with Gasteiger partial charge in [-0.2, -0.15) is 0 Å². The molecule has 0 radical (unpaired) electrons. The van der Waals surface area contributed by atoms with E-state index in [0.29, 0.717) is 0 Å². The molecule has 4 nitrogen and oxygen atoms in total. The first kappa shape index (κ1) is 12.3. The molecule has 0 aromatic rings. The molecule has 1 heterocycles. The van der Waals surface area contributed by atoms with Crippen LogP contribution in [0.25, 0.3) is 0 Å². The molecular formula is C11H24N4. The Morgan fingerprint density at radius 2 is 2.20 bits per heavy atom. The lowest BCUT2D eigenvalue weighted by atomic mass is 10.0. The Balaban J connectivity index is 2.02. The number of piperidine rings is 1. The van der Waals surface area contributed by atoms with Gasteiger partial charge in [-0.05, 0) is 44.7 Å². The summed E-state index contributed by atoms with van der Waals surface area (Å²) in [5.74, 6) is 1.08. The quantitative estimate of drug-likeness (QED) is 0.402. The first-order valence-corrected chi connectivity index (χ1v) is 5.96. The van der Waals surface area contributed by atoms with Gasteiger partial charge in [0.05, 0.1) is 0 Å². The average molecular weight is 212 g/mol. The molecule has 1 atom stereocenters. The lowest BCUT2D eigenvalue weighted by molar-refractivity contribution is 0.181. The van der Waals surface area contributed by atoms with E-state index >= 15 is 0 Å². The Morgan fingerprint density at radius 1 is 1.40 bits per heavy atom. The molecule has 4 heteroatoms. The third-order valence-electron chi connectivity index (χ3n) is 2.92. The first-order valence-electron chi connectivity index (χ1n) is 5.96. The number of nitrogens with two attached hydrogens (primary N) is 2. The lowest BCUT2D eigenvalue weighted by Crippen LogP contribution is -2.35. The van der Waals surface area contributed by atoms with E-state index in [1.807, 2.05) is 0 Å². The van der Waals surface area contributed by atoms with Gasteiger partial charge < -0.3 is 16.4 Å². The number of hydrogen-bond donors (Lipinski definition) is 2. The number of likely N-dealkylation sites (tertiary alicyclic amines) is 1. The topological polar surface area (TPSA) is 67.6 Å². The van der Waals surface area contributed by atoms with E-state index in [4.69, 9.17) is 11.5 Å². The second kappa shape index (κ2) is 6.67. The smallest absolute Gasteiger partial charge is 0.185 e. The summed E-state index contributed by atoms with van der Waals surface area (Å²) in [6, 6.07) is 0. The summed E-state index contributed by atoms with van der Waals surface area (Å²) in [5, 5.41) is 0. The van der Waals surface area contributed by atoms with Crippen molar-refractivity contribution in [1.29, 1.82) is 0 Å². The molecule has 0 aliphatic carbocycles. The van der Waals surface area contributed by atoms with Crippen molar-refractivity contribution in [2.45, 2.75) is 32.6 Å². The van der Waals surface area contributed by atoms with Crippen LogP contribution in [0.3, 0.4) is 0 Å². The average Bonchev–Trinajstić information content (AvgIpc) is 2.17. The molecule has 4 N–H and O–H groups in total. The number of rotatable bonds is 5. The molecule has 1 rings (SSSR count). The van der Waals surface area contributed by atoms with Crippen LogP contribution < -0.4 is 11.5 Å². The second-order valence-corrected chi connectivity index (χ2v) is 4.56. The maximum Gasteiger partial charge on any atom is 0.185 e. The van der Waals surface area contributed by atoms with E-state index in [1.54, 1.807) is 0 Å². The van der Waals surface area contributed by atoms with Crippen LogP contribution in [-0.2, 0) is 0 Å². The molecule has 0 saturated carbocycles. The Kier molecular flexibility index (Phi) is 5.47. The van der Waals surface area contributed by atoms with Crippen LogP contribution in [0.1, 0.15) is 32.6 Å². The van der Waals surface area contributed by atoms with E-state index in [1.165, 1.54) is 38.9 Å². The zero-order chi connectivity index (χ0) is 11.1. The maximum absolute atomic E-state index is 5.25. The molecule has 0 aromatic heterocycles. The summed E-state index contributed by atoms with van der Waals surface area (Å²) in [6.45, 7) is 6.84.